The Labute approximate surface area is 234 Å². The standard InChI is InChI=1S/C28H24Cl2N2O5S/c1-16-5-4-6-17(2)26(16)31-25(33)14-32-27(34)24(38-28(32)35)12-18-7-10-22(23(11-18)36-3)37-15-19-8-9-20(29)13-21(19)30/h4-13H,14-15H2,1-3H3,(H,31,33)/b24-12+. The van der Waals surface area contributed by atoms with Crippen molar-refractivity contribution < 1.29 is 23.9 Å². The number of ether oxygens (including phenoxy) is 2. The fourth-order valence-corrected chi connectivity index (χ4v) is 5.11. The average Bonchev–Trinajstić information content (AvgIpc) is 3.13. The van der Waals surface area contributed by atoms with E-state index in [1.807, 2.05) is 32.0 Å². The van der Waals surface area contributed by atoms with Crippen LogP contribution in [-0.2, 0) is 16.2 Å². The number of hydrogen-bond acceptors (Lipinski definition) is 6. The van der Waals surface area contributed by atoms with Gasteiger partial charge in [-0.05, 0) is 72.6 Å². The van der Waals surface area contributed by atoms with Crippen LogP contribution in [-0.4, -0.2) is 35.6 Å². The summed E-state index contributed by atoms with van der Waals surface area (Å²) < 4.78 is 11.3. The monoisotopic (exact) mass is 570 g/mol. The molecule has 1 aliphatic heterocycles. The van der Waals surface area contributed by atoms with Crippen LogP contribution in [0.4, 0.5) is 10.5 Å². The maximum Gasteiger partial charge on any atom is 0.294 e. The van der Waals surface area contributed by atoms with Crippen molar-refractivity contribution in [3.63, 3.8) is 0 Å². The molecule has 0 unspecified atom stereocenters. The van der Waals surface area contributed by atoms with E-state index in [0.717, 1.165) is 33.4 Å². The van der Waals surface area contributed by atoms with Gasteiger partial charge in [-0.3, -0.25) is 19.3 Å². The highest BCUT2D eigenvalue weighted by atomic mass is 35.5. The number of thioether (sulfide) groups is 1. The quantitative estimate of drug-likeness (QED) is 0.297. The molecule has 0 aliphatic carbocycles. The Bertz CT molecular complexity index is 1440. The summed E-state index contributed by atoms with van der Waals surface area (Å²) in [7, 11) is 1.50. The van der Waals surface area contributed by atoms with Crippen molar-refractivity contribution in [3.05, 3.63) is 91.8 Å². The van der Waals surface area contributed by atoms with Crippen molar-refractivity contribution in [2.45, 2.75) is 20.5 Å². The highest BCUT2D eigenvalue weighted by Gasteiger charge is 2.36. The summed E-state index contributed by atoms with van der Waals surface area (Å²) in [6.45, 7) is 3.58. The van der Waals surface area contributed by atoms with Gasteiger partial charge in [0.1, 0.15) is 13.2 Å². The van der Waals surface area contributed by atoms with E-state index >= 15 is 0 Å². The van der Waals surface area contributed by atoms with Crippen molar-refractivity contribution in [1.29, 1.82) is 0 Å². The first-order valence-electron chi connectivity index (χ1n) is 11.5. The molecule has 0 spiro atoms. The minimum absolute atomic E-state index is 0.203. The van der Waals surface area contributed by atoms with Crippen molar-refractivity contribution in [2.75, 3.05) is 19.0 Å². The molecule has 1 saturated heterocycles. The van der Waals surface area contributed by atoms with Crippen molar-refractivity contribution >= 4 is 63.8 Å². The van der Waals surface area contributed by atoms with Gasteiger partial charge in [-0.25, -0.2) is 0 Å². The number of methoxy groups -OCH3 is 1. The fraction of sp³-hybridized carbons (Fsp3) is 0.179. The topological polar surface area (TPSA) is 84.9 Å². The Morgan fingerprint density at radius 2 is 1.76 bits per heavy atom. The number of anilines is 1. The Hall–Kier alpha value is -3.46. The van der Waals surface area contributed by atoms with Crippen LogP contribution < -0.4 is 14.8 Å². The smallest absolute Gasteiger partial charge is 0.294 e. The van der Waals surface area contributed by atoms with Gasteiger partial charge < -0.3 is 14.8 Å². The summed E-state index contributed by atoms with van der Waals surface area (Å²) in [6, 6.07) is 15.9. The Morgan fingerprint density at radius 1 is 1.03 bits per heavy atom. The van der Waals surface area contributed by atoms with E-state index in [1.165, 1.54) is 7.11 Å². The van der Waals surface area contributed by atoms with Crippen molar-refractivity contribution in [2.24, 2.45) is 0 Å². The highest BCUT2D eigenvalue weighted by molar-refractivity contribution is 8.18. The molecule has 0 radical (unpaired) electrons. The molecule has 1 heterocycles. The van der Waals surface area contributed by atoms with E-state index in [4.69, 9.17) is 32.7 Å². The van der Waals surface area contributed by atoms with Gasteiger partial charge in [0.15, 0.2) is 11.5 Å². The van der Waals surface area contributed by atoms with Crippen LogP contribution in [0.3, 0.4) is 0 Å². The number of aryl methyl sites for hydroxylation is 2. The molecule has 0 saturated carbocycles. The molecule has 0 aromatic heterocycles. The molecule has 1 aliphatic rings. The van der Waals surface area contributed by atoms with E-state index in [0.29, 0.717) is 32.8 Å². The van der Waals surface area contributed by atoms with Gasteiger partial charge in [0.2, 0.25) is 5.91 Å². The lowest BCUT2D eigenvalue weighted by Gasteiger charge is -2.15. The van der Waals surface area contributed by atoms with Crippen LogP contribution in [0.5, 0.6) is 11.5 Å². The number of imide groups is 1. The van der Waals surface area contributed by atoms with Gasteiger partial charge in [0, 0.05) is 21.3 Å². The third kappa shape index (κ3) is 6.32. The van der Waals surface area contributed by atoms with E-state index in [1.54, 1.807) is 42.5 Å². The zero-order chi connectivity index (χ0) is 27.4. The first-order valence-corrected chi connectivity index (χ1v) is 13.1. The molecule has 1 N–H and O–H groups in total. The van der Waals surface area contributed by atoms with Crippen LogP contribution in [0, 0.1) is 13.8 Å². The van der Waals surface area contributed by atoms with Crippen LogP contribution >= 0.6 is 35.0 Å². The molecule has 10 heteroatoms. The van der Waals surface area contributed by atoms with E-state index in [-0.39, 0.29) is 18.1 Å². The van der Waals surface area contributed by atoms with Gasteiger partial charge in [-0.1, -0.05) is 53.5 Å². The molecule has 0 atom stereocenters. The minimum Gasteiger partial charge on any atom is -0.493 e. The second kappa shape index (κ2) is 11.9. The van der Waals surface area contributed by atoms with Gasteiger partial charge in [-0.15, -0.1) is 0 Å². The number of rotatable bonds is 8. The molecular weight excluding hydrogens is 547 g/mol. The Kier molecular flexibility index (Phi) is 8.66. The Morgan fingerprint density at radius 3 is 2.45 bits per heavy atom. The fourth-order valence-electron chi connectivity index (χ4n) is 3.81. The molecule has 3 amide bonds. The zero-order valence-corrected chi connectivity index (χ0v) is 23.2. The number of carbonyl (C=O) groups is 3. The number of benzene rings is 3. The predicted octanol–water partition coefficient (Wildman–Crippen LogP) is 6.87. The second-order valence-electron chi connectivity index (χ2n) is 8.52. The molecular formula is C28H24Cl2N2O5S. The summed E-state index contributed by atoms with van der Waals surface area (Å²) in [4.78, 5) is 39.2. The number of nitrogens with one attached hydrogen (secondary N) is 1. The molecule has 0 bridgehead atoms. The SMILES string of the molecule is COc1cc(/C=C2/SC(=O)N(CC(=O)Nc3c(C)cccc3C)C2=O)ccc1OCc1ccc(Cl)cc1Cl. The first-order chi connectivity index (χ1) is 18.2. The second-order valence-corrected chi connectivity index (χ2v) is 10.4. The lowest BCUT2D eigenvalue weighted by Crippen LogP contribution is -2.36. The van der Waals surface area contributed by atoms with E-state index < -0.39 is 17.1 Å². The molecule has 196 valence electrons. The number of para-hydroxylation sites is 1. The van der Waals surface area contributed by atoms with Gasteiger partial charge in [0.25, 0.3) is 11.1 Å². The summed E-state index contributed by atoms with van der Waals surface area (Å²) in [5.41, 5.74) is 3.85. The number of amides is 3. The summed E-state index contributed by atoms with van der Waals surface area (Å²) in [6.07, 6.45) is 1.58. The van der Waals surface area contributed by atoms with Gasteiger partial charge >= 0.3 is 0 Å². The molecule has 38 heavy (non-hydrogen) atoms. The van der Waals surface area contributed by atoms with Crippen LogP contribution in [0.1, 0.15) is 22.3 Å². The average molecular weight is 571 g/mol. The summed E-state index contributed by atoms with van der Waals surface area (Å²) >= 11 is 12.9. The predicted molar refractivity (Wildman–Crippen MR) is 151 cm³/mol. The Balaban J connectivity index is 1.44. The maximum atomic E-state index is 12.9. The number of nitrogens with zero attached hydrogens (tertiary/aromatic N) is 1. The number of hydrogen-bond donors (Lipinski definition) is 1. The normalized spacial score (nSPS) is 14.2. The molecule has 7 nitrogen and oxygen atoms in total. The van der Waals surface area contributed by atoms with Gasteiger partial charge in [-0.2, -0.15) is 0 Å². The van der Waals surface area contributed by atoms with Crippen LogP contribution in [0.25, 0.3) is 6.08 Å². The van der Waals surface area contributed by atoms with E-state index in [2.05, 4.69) is 5.32 Å². The molecule has 3 aromatic rings. The summed E-state index contributed by atoms with van der Waals surface area (Å²) in [5.74, 6) is -0.0637. The molecule has 1 fully saturated rings. The minimum atomic E-state index is -0.534. The lowest BCUT2D eigenvalue weighted by molar-refractivity contribution is -0.127. The van der Waals surface area contributed by atoms with E-state index in [9.17, 15) is 14.4 Å². The van der Waals surface area contributed by atoms with Crippen molar-refractivity contribution in [1.82, 2.24) is 4.90 Å². The first kappa shape index (κ1) is 27.6. The van der Waals surface area contributed by atoms with Crippen LogP contribution in [0.15, 0.2) is 59.5 Å². The lowest BCUT2D eigenvalue weighted by atomic mass is 10.1. The highest BCUT2D eigenvalue weighted by Crippen LogP contribution is 2.35. The third-order valence-electron chi connectivity index (χ3n) is 5.80. The zero-order valence-electron chi connectivity index (χ0n) is 20.8. The third-order valence-corrected chi connectivity index (χ3v) is 7.30. The molecule has 4 rings (SSSR count). The maximum absolute atomic E-state index is 12.9. The number of carbonyl (C=O) groups excluding carboxylic acids is 3. The van der Waals surface area contributed by atoms with Crippen molar-refractivity contribution in [3.8, 4) is 11.5 Å². The van der Waals surface area contributed by atoms with Gasteiger partial charge in [0.05, 0.1) is 12.0 Å². The number of halogens is 2. The van der Waals surface area contributed by atoms with Crippen LogP contribution in [0.2, 0.25) is 10.0 Å². The molecule has 3 aromatic carbocycles. The largest absolute Gasteiger partial charge is 0.493 e. The summed E-state index contributed by atoms with van der Waals surface area (Å²) in [5, 5.41) is 3.32.